The van der Waals surface area contributed by atoms with Crippen LogP contribution in [0.2, 0.25) is 0 Å². The summed E-state index contributed by atoms with van der Waals surface area (Å²) in [6, 6.07) is 1.23. The quantitative estimate of drug-likeness (QED) is 0.616. The van der Waals surface area contributed by atoms with Crippen LogP contribution in [0.1, 0.15) is 34.8 Å². The van der Waals surface area contributed by atoms with Crippen molar-refractivity contribution in [2.24, 2.45) is 0 Å². The second-order valence-electron chi connectivity index (χ2n) is 3.42. The fourth-order valence-electron chi connectivity index (χ4n) is 1.36. The normalized spacial score (nSPS) is 15.6. The molecule has 14 heavy (non-hydrogen) atoms. The molecule has 1 aliphatic rings. The number of halogens is 2. The number of ketones is 1. The number of hydrogen-bond acceptors (Lipinski definition) is 2. The van der Waals surface area contributed by atoms with E-state index in [0.717, 1.165) is 12.8 Å². The molecule has 1 aromatic rings. The molecular formula is C10H9BrFNO. The van der Waals surface area contributed by atoms with E-state index in [1.807, 2.05) is 0 Å². The van der Waals surface area contributed by atoms with E-state index in [0.29, 0.717) is 11.5 Å². The van der Waals surface area contributed by atoms with Crippen molar-refractivity contribution < 1.29 is 9.18 Å². The molecule has 0 N–H and O–H groups in total. The Morgan fingerprint density at radius 2 is 2.36 bits per heavy atom. The van der Waals surface area contributed by atoms with Crippen LogP contribution in [0.4, 0.5) is 4.39 Å². The lowest BCUT2D eigenvalue weighted by atomic mass is 10.1. The van der Waals surface area contributed by atoms with Crippen LogP contribution in [0.5, 0.6) is 0 Å². The number of rotatable bonds is 3. The second kappa shape index (κ2) is 3.77. The van der Waals surface area contributed by atoms with Crippen molar-refractivity contribution in [3.8, 4) is 0 Å². The van der Waals surface area contributed by atoms with E-state index in [1.54, 1.807) is 0 Å². The van der Waals surface area contributed by atoms with Crippen molar-refractivity contribution in [3.63, 3.8) is 0 Å². The summed E-state index contributed by atoms with van der Waals surface area (Å²) in [5.41, 5.74) is 0.847. The summed E-state index contributed by atoms with van der Waals surface area (Å²) in [5, 5.41) is 0.183. The van der Waals surface area contributed by atoms with Crippen molar-refractivity contribution in [2.75, 3.05) is 5.33 Å². The van der Waals surface area contributed by atoms with Crippen molar-refractivity contribution in [1.82, 2.24) is 4.98 Å². The number of alkyl halides is 1. The number of hydrogen-bond donors (Lipinski definition) is 0. The Bertz CT molecular complexity index is 376. The van der Waals surface area contributed by atoms with Gasteiger partial charge >= 0.3 is 0 Å². The minimum Gasteiger partial charge on any atom is -0.291 e. The van der Waals surface area contributed by atoms with Gasteiger partial charge in [-0.15, -0.1) is 0 Å². The lowest BCUT2D eigenvalue weighted by molar-refractivity contribution is 0.101. The molecule has 0 aliphatic heterocycles. The van der Waals surface area contributed by atoms with E-state index in [4.69, 9.17) is 0 Å². The third kappa shape index (κ3) is 1.85. The number of carbonyl (C=O) groups excluding carboxylic acids is 1. The van der Waals surface area contributed by atoms with Gasteiger partial charge in [-0.05, 0) is 18.8 Å². The monoisotopic (exact) mass is 257 g/mol. The van der Waals surface area contributed by atoms with Crippen molar-refractivity contribution in [1.29, 1.82) is 0 Å². The molecule has 0 bridgehead atoms. The fraction of sp³-hybridized carbons (Fsp3) is 0.400. The van der Waals surface area contributed by atoms with Gasteiger partial charge in [0.1, 0.15) is 11.5 Å². The number of aromatic nitrogens is 1. The van der Waals surface area contributed by atoms with Crippen LogP contribution < -0.4 is 0 Å². The smallest absolute Gasteiger partial charge is 0.191 e. The Morgan fingerprint density at radius 3 is 2.86 bits per heavy atom. The second-order valence-corrected chi connectivity index (χ2v) is 3.98. The van der Waals surface area contributed by atoms with Gasteiger partial charge in [0.25, 0.3) is 0 Å². The van der Waals surface area contributed by atoms with Gasteiger partial charge in [-0.1, -0.05) is 15.9 Å². The highest BCUT2D eigenvalue weighted by molar-refractivity contribution is 9.09. The molecule has 74 valence electrons. The van der Waals surface area contributed by atoms with E-state index >= 15 is 0 Å². The first-order valence-corrected chi connectivity index (χ1v) is 5.59. The number of Topliss-reactive ketones (excluding diaryl/α,β-unsaturated/α-hetero) is 1. The van der Waals surface area contributed by atoms with Gasteiger partial charge < -0.3 is 0 Å². The number of carbonyl (C=O) groups is 1. The average Bonchev–Trinajstić information content (AvgIpc) is 3.00. The maximum Gasteiger partial charge on any atom is 0.191 e. The van der Waals surface area contributed by atoms with Gasteiger partial charge in [0.05, 0.1) is 5.33 Å². The van der Waals surface area contributed by atoms with E-state index in [-0.39, 0.29) is 22.6 Å². The maximum absolute atomic E-state index is 13.4. The highest BCUT2D eigenvalue weighted by Crippen LogP contribution is 2.40. The Balaban J connectivity index is 2.30. The zero-order chi connectivity index (χ0) is 10.1. The summed E-state index contributed by atoms with van der Waals surface area (Å²) in [5.74, 6) is -0.159. The standard InChI is InChI=1S/C10H9BrFNO/c11-4-10(14)9-3-8(12)7(5-13-9)6-1-2-6/h3,5-6H,1-2,4H2. The summed E-state index contributed by atoms with van der Waals surface area (Å²) in [6.45, 7) is 0. The van der Waals surface area contributed by atoms with Gasteiger partial charge in [0, 0.05) is 17.8 Å². The third-order valence-electron chi connectivity index (χ3n) is 2.31. The van der Waals surface area contributed by atoms with Gasteiger partial charge in [-0.2, -0.15) is 0 Å². The summed E-state index contributed by atoms with van der Waals surface area (Å²) in [6.07, 6.45) is 3.55. The first-order chi connectivity index (χ1) is 6.72. The maximum atomic E-state index is 13.4. The topological polar surface area (TPSA) is 30.0 Å². The van der Waals surface area contributed by atoms with Gasteiger partial charge in [0.15, 0.2) is 5.78 Å². The summed E-state index contributed by atoms with van der Waals surface area (Å²) < 4.78 is 13.4. The lowest BCUT2D eigenvalue weighted by Gasteiger charge is -2.01. The van der Waals surface area contributed by atoms with Crippen molar-refractivity contribution in [2.45, 2.75) is 18.8 Å². The van der Waals surface area contributed by atoms with Crippen LogP contribution in [-0.4, -0.2) is 16.1 Å². The number of nitrogens with zero attached hydrogens (tertiary/aromatic N) is 1. The van der Waals surface area contributed by atoms with Crippen molar-refractivity contribution in [3.05, 3.63) is 29.3 Å². The number of pyridine rings is 1. The summed E-state index contributed by atoms with van der Waals surface area (Å²) in [4.78, 5) is 15.1. The van der Waals surface area contributed by atoms with Crippen LogP contribution >= 0.6 is 15.9 Å². The highest BCUT2D eigenvalue weighted by Gasteiger charge is 2.27. The average molecular weight is 258 g/mol. The van der Waals surface area contributed by atoms with E-state index in [9.17, 15) is 9.18 Å². The molecule has 0 unspecified atom stereocenters. The molecule has 1 saturated carbocycles. The van der Waals surface area contributed by atoms with Crippen LogP contribution in [0.25, 0.3) is 0 Å². The molecule has 2 nitrogen and oxygen atoms in total. The Morgan fingerprint density at radius 1 is 1.64 bits per heavy atom. The molecule has 1 heterocycles. The molecule has 0 radical (unpaired) electrons. The molecule has 1 fully saturated rings. The first kappa shape index (κ1) is 9.77. The van der Waals surface area contributed by atoms with Crippen LogP contribution in [0.3, 0.4) is 0 Å². The van der Waals surface area contributed by atoms with Gasteiger partial charge in [0.2, 0.25) is 0 Å². The molecule has 0 saturated heterocycles. The zero-order valence-electron chi connectivity index (χ0n) is 7.46. The highest BCUT2D eigenvalue weighted by atomic mass is 79.9. The predicted molar refractivity (Wildman–Crippen MR) is 54.3 cm³/mol. The predicted octanol–water partition coefficient (Wildman–Crippen LogP) is 2.68. The van der Waals surface area contributed by atoms with Crippen LogP contribution in [0, 0.1) is 5.82 Å². The van der Waals surface area contributed by atoms with E-state index in [1.165, 1.54) is 12.3 Å². The molecule has 1 aromatic heterocycles. The lowest BCUT2D eigenvalue weighted by Crippen LogP contribution is -2.05. The molecule has 2 rings (SSSR count). The minimum absolute atomic E-state index is 0.183. The van der Waals surface area contributed by atoms with Crippen LogP contribution in [0.15, 0.2) is 12.3 Å². The Hall–Kier alpha value is -0.770. The minimum atomic E-state index is -0.299. The molecule has 1 aliphatic carbocycles. The molecule has 4 heteroatoms. The van der Waals surface area contributed by atoms with Crippen molar-refractivity contribution >= 4 is 21.7 Å². The third-order valence-corrected chi connectivity index (χ3v) is 2.82. The van der Waals surface area contributed by atoms with Gasteiger partial charge in [-0.3, -0.25) is 9.78 Å². The SMILES string of the molecule is O=C(CBr)c1cc(F)c(C2CC2)cn1. The summed E-state index contributed by atoms with van der Waals surface area (Å²) in [7, 11) is 0. The molecule has 0 atom stereocenters. The molecule has 0 aromatic carbocycles. The van der Waals surface area contributed by atoms with Gasteiger partial charge in [-0.25, -0.2) is 4.39 Å². The van der Waals surface area contributed by atoms with E-state index < -0.39 is 0 Å². The largest absolute Gasteiger partial charge is 0.291 e. The Labute approximate surface area is 89.7 Å². The Kier molecular flexibility index (Phi) is 2.63. The molecule has 0 spiro atoms. The van der Waals surface area contributed by atoms with Crippen LogP contribution in [-0.2, 0) is 0 Å². The summed E-state index contributed by atoms with van der Waals surface area (Å²) >= 11 is 3.02. The fourth-order valence-corrected chi connectivity index (χ4v) is 1.64. The molecular weight excluding hydrogens is 249 g/mol. The molecule has 0 amide bonds. The van der Waals surface area contributed by atoms with E-state index in [2.05, 4.69) is 20.9 Å². The first-order valence-electron chi connectivity index (χ1n) is 4.47. The zero-order valence-corrected chi connectivity index (χ0v) is 9.05.